The Morgan fingerprint density at radius 3 is 2.47 bits per heavy atom. The fourth-order valence-corrected chi connectivity index (χ4v) is 1.83. The summed E-state index contributed by atoms with van der Waals surface area (Å²) >= 11 is 3.02. The second-order valence-corrected chi connectivity index (χ2v) is 3.83. The topological polar surface area (TPSA) is 18.5 Å². The fraction of sp³-hybridized carbons (Fsp3) is 0.333. The predicted molar refractivity (Wildman–Crippen MR) is 50.1 cm³/mol. The van der Waals surface area contributed by atoms with Gasteiger partial charge in [0.2, 0.25) is 0 Å². The van der Waals surface area contributed by atoms with E-state index >= 15 is 0 Å². The van der Waals surface area contributed by atoms with Crippen molar-refractivity contribution in [1.29, 1.82) is 0 Å². The van der Waals surface area contributed by atoms with Gasteiger partial charge in [-0.3, -0.25) is 0 Å². The normalized spacial score (nSPS) is 15.2. The molecule has 0 amide bonds. The van der Waals surface area contributed by atoms with Gasteiger partial charge in [0.25, 0.3) is 0 Å². The Balaban J connectivity index is 2.50. The molecule has 0 N–H and O–H groups in total. The number of halogens is 4. The molecule has 0 spiro atoms. The van der Waals surface area contributed by atoms with Crippen molar-refractivity contribution in [3.8, 4) is 11.5 Å². The molecule has 2 nitrogen and oxygen atoms in total. The Morgan fingerprint density at radius 2 is 1.80 bits per heavy atom. The van der Waals surface area contributed by atoms with Gasteiger partial charge in [0.15, 0.2) is 11.5 Å². The van der Waals surface area contributed by atoms with Gasteiger partial charge in [0, 0.05) is 0 Å². The molecule has 2 rings (SSSR count). The van der Waals surface area contributed by atoms with Gasteiger partial charge in [-0.2, -0.15) is 13.2 Å². The van der Waals surface area contributed by atoms with E-state index in [-0.39, 0.29) is 16.8 Å². The average molecular weight is 283 g/mol. The maximum absolute atomic E-state index is 12.4. The molecule has 0 saturated carbocycles. The lowest BCUT2D eigenvalue weighted by atomic mass is 10.2. The van der Waals surface area contributed by atoms with Crippen LogP contribution >= 0.6 is 15.9 Å². The van der Waals surface area contributed by atoms with Crippen molar-refractivity contribution in [3.05, 3.63) is 22.2 Å². The molecule has 0 unspecified atom stereocenters. The first-order chi connectivity index (χ1) is 6.98. The summed E-state index contributed by atoms with van der Waals surface area (Å²) in [7, 11) is 0. The summed E-state index contributed by atoms with van der Waals surface area (Å²) < 4.78 is 47.8. The van der Waals surface area contributed by atoms with Crippen LogP contribution in [0.2, 0.25) is 0 Å². The van der Waals surface area contributed by atoms with E-state index in [0.29, 0.717) is 12.4 Å². The molecule has 0 atom stereocenters. The molecular formula is C9H6BrF3O2. The highest BCUT2D eigenvalue weighted by Gasteiger charge is 2.33. The maximum Gasteiger partial charge on any atom is 0.416 e. The van der Waals surface area contributed by atoms with E-state index in [0.717, 1.165) is 12.1 Å². The molecule has 1 aliphatic rings. The maximum atomic E-state index is 12.4. The van der Waals surface area contributed by atoms with Crippen molar-refractivity contribution >= 4 is 15.9 Å². The molecule has 0 fully saturated rings. The van der Waals surface area contributed by atoms with Crippen LogP contribution in [0.1, 0.15) is 5.56 Å². The zero-order chi connectivity index (χ0) is 11.1. The van der Waals surface area contributed by atoms with Crippen molar-refractivity contribution in [2.45, 2.75) is 6.18 Å². The van der Waals surface area contributed by atoms with E-state index in [4.69, 9.17) is 9.47 Å². The molecule has 1 aliphatic heterocycles. The summed E-state index contributed by atoms with van der Waals surface area (Å²) in [6.07, 6.45) is -4.38. The van der Waals surface area contributed by atoms with E-state index in [1.807, 2.05) is 0 Å². The largest absolute Gasteiger partial charge is 0.486 e. The number of ether oxygens (including phenoxy) is 2. The summed E-state index contributed by atoms with van der Waals surface area (Å²) in [4.78, 5) is 0. The van der Waals surface area contributed by atoms with E-state index in [2.05, 4.69) is 15.9 Å². The summed E-state index contributed by atoms with van der Waals surface area (Å²) in [6, 6.07) is 1.92. The molecule has 0 radical (unpaired) electrons. The highest BCUT2D eigenvalue weighted by Crippen LogP contribution is 2.42. The van der Waals surface area contributed by atoms with Crippen LogP contribution in [0.4, 0.5) is 13.2 Å². The Kier molecular flexibility index (Phi) is 2.54. The smallest absolute Gasteiger partial charge is 0.416 e. The third-order valence-electron chi connectivity index (χ3n) is 1.92. The first-order valence-corrected chi connectivity index (χ1v) is 4.94. The van der Waals surface area contributed by atoms with Gasteiger partial charge in [-0.05, 0) is 28.1 Å². The zero-order valence-corrected chi connectivity index (χ0v) is 8.98. The molecule has 0 aromatic heterocycles. The van der Waals surface area contributed by atoms with Gasteiger partial charge in [-0.25, -0.2) is 0 Å². The molecule has 6 heteroatoms. The zero-order valence-electron chi connectivity index (χ0n) is 7.40. The summed E-state index contributed by atoms with van der Waals surface area (Å²) in [5, 5.41) is 0. The highest BCUT2D eigenvalue weighted by molar-refractivity contribution is 9.10. The lowest BCUT2D eigenvalue weighted by Gasteiger charge is -2.20. The quantitative estimate of drug-likeness (QED) is 0.727. The first kappa shape index (κ1) is 10.6. The number of alkyl halides is 3. The molecule has 82 valence electrons. The van der Waals surface area contributed by atoms with E-state index in [9.17, 15) is 13.2 Å². The molecule has 0 bridgehead atoms. The Morgan fingerprint density at radius 1 is 1.13 bits per heavy atom. The summed E-state index contributed by atoms with van der Waals surface area (Å²) in [6.45, 7) is 0.609. The van der Waals surface area contributed by atoms with Gasteiger partial charge >= 0.3 is 6.18 Å². The van der Waals surface area contributed by atoms with Crippen molar-refractivity contribution in [1.82, 2.24) is 0 Å². The Hall–Kier alpha value is -0.910. The van der Waals surface area contributed by atoms with Crippen LogP contribution in [0.5, 0.6) is 11.5 Å². The van der Waals surface area contributed by atoms with Crippen molar-refractivity contribution in [2.24, 2.45) is 0 Å². The fourth-order valence-electron chi connectivity index (χ4n) is 1.27. The average Bonchev–Trinajstić information content (AvgIpc) is 2.16. The number of hydrogen-bond donors (Lipinski definition) is 0. The van der Waals surface area contributed by atoms with Crippen molar-refractivity contribution < 1.29 is 22.6 Å². The van der Waals surface area contributed by atoms with Crippen molar-refractivity contribution in [3.63, 3.8) is 0 Å². The summed E-state index contributed by atoms with van der Waals surface area (Å²) in [5.74, 6) is 0.456. The van der Waals surface area contributed by atoms with Crippen LogP contribution in [0.25, 0.3) is 0 Å². The number of rotatable bonds is 0. The van der Waals surface area contributed by atoms with Crippen LogP contribution in [0, 0.1) is 0 Å². The third-order valence-corrected chi connectivity index (χ3v) is 2.51. The summed E-state index contributed by atoms with van der Waals surface area (Å²) in [5.41, 5.74) is -0.751. The second-order valence-electron chi connectivity index (χ2n) is 2.98. The molecular weight excluding hydrogens is 277 g/mol. The van der Waals surface area contributed by atoms with Gasteiger partial charge in [-0.1, -0.05) is 0 Å². The van der Waals surface area contributed by atoms with Crippen LogP contribution in [-0.4, -0.2) is 13.2 Å². The third kappa shape index (κ3) is 2.04. The van der Waals surface area contributed by atoms with E-state index < -0.39 is 11.7 Å². The highest BCUT2D eigenvalue weighted by atomic mass is 79.9. The monoisotopic (exact) mass is 282 g/mol. The SMILES string of the molecule is FC(F)(F)c1cc(Br)c2c(c1)OCCO2. The van der Waals surface area contributed by atoms with Crippen LogP contribution in [0.15, 0.2) is 16.6 Å². The molecule has 1 aromatic carbocycles. The van der Waals surface area contributed by atoms with Gasteiger partial charge < -0.3 is 9.47 Å². The van der Waals surface area contributed by atoms with E-state index in [1.165, 1.54) is 0 Å². The predicted octanol–water partition coefficient (Wildman–Crippen LogP) is 3.24. The van der Waals surface area contributed by atoms with Crippen molar-refractivity contribution in [2.75, 3.05) is 13.2 Å². The molecule has 1 aromatic rings. The molecule has 0 aliphatic carbocycles. The van der Waals surface area contributed by atoms with E-state index in [1.54, 1.807) is 0 Å². The minimum absolute atomic E-state index is 0.128. The minimum atomic E-state index is -4.38. The standard InChI is InChI=1S/C9H6BrF3O2/c10-6-3-5(9(11,12)13)4-7-8(6)15-2-1-14-7/h3-4H,1-2H2. The second kappa shape index (κ2) is 3.59. The minimum Gasteiger partial charge on any atom is -0.486 e. The lowest BCUT2D eigenvalue weighted by Crippen LogP contribution is -2.17. The van der Waals surface area contributed by atoms with Crippen LogP contribution in [-0.2, 0) is 6.18 Å². The number of hydrogen-bond acceptors (Lipinski definition) is 2. The number of fused-ring (bicyclic) bond motifs is 1. The molecule has 0 saturated heterocycles. The first-order valence-electron chi connectivity index (χ1n) is 4.15. The molecule has 1 heterocycles. The Bertz CT molecular complexity index is 390. The number of benzene rings is 1. The Labute approximate surface area is 92.1 Å². The van der Waals surface area contributed by atoms with Gasteiger partial charge in [0.1, 0.15) is 13.2 Å². The van der Waals surface area contributed by atoms with Crippen LogP contribution in [0.3, 0.4) is 0 Å². The molecule has 15 heavy (non-hydrogen) atoms. The lowest BCUT2D eigenvalue weighted by molar-refractivity contribution is -0.137. The van der Waals surface area contributed by atoms with Gasteiger partial charge in [-0.15, -0.1) is 0 Å². The van der Waals surface area contributed by atoms with Gasteiger partial charge in [0.05, 0.1) is 10.0 Å². The van der Waals surface area contributed by atoms with Crippen LogP contribution < -0.4 is 9.47 Å².